The minimum absolute atomic E-state index is 0.00806. The second kappa shape index (κ2) is 5.32. The summed E-state index contributed by atoms with van der Waals surface area (Å²) in [7, 11) is -3.57. The molecule has 2 rings (SSSR count). The normalized spacial score (nSPS) is 32.9. The molecule has 0 heterocycles. The second-order valence-corrected chi connectivity index (χ2v) is 9.39. The fourth-order valence-electron chi connectivity index (χ4n) is 3.93. The lowest BCUT2D eigenvalue weighted by Crippen LogP contribution is -2.46. The van der Waals surface area contributed by atoms with Crippen LogP contribution in [0.25, 0.3) is 0 Å². The van der Waals surface area contributed by atoms with Gasteiger partial charge in [0.25, 0.3) is 0 Å². The number of hydrogen-bond donors (Lipinski definition) is 2. The molecule has 0 aromatic carbocycles. The lowest BCUT2D eigenvalue weighted by atomic mass is 9.70. The molecule has 2 aliphatic rings. The molecule has 21 heavy (non-hydrogen) atoms. The number of nitrogens with one attached hydrogen (secondary N) is 1. The van der Waals surface area contributed by atoms with Gasteiger partial charge in [0.05, 0.1) is 11.9 Å². The van der Waals surface area contributed by atoms with E-state index in [4.69, 9.17) is 0 Å². The average Bonchev–Trinajstić information content (AvgIpc) is 2.69. The summed E-state index contributed by atoms with van der Waals surface area (Å²) in [6.07, 6.45) is 1.40. The van der Waals surface area contributed by atoms with Crippen molar-refractivity contribution in [2.75, 3.05) is 12.3 Å². The SMILES string of the molecule is CC(C)[C@@H](O)CNS(=O)(=O)C[C@@]12CC[C@@H](CC1=O)C2(C)C. The molecule has 2 saturated carbocycles. The fraction of sp³-hybridized carbons (Fsp3) is 0.933. The molecule has 0 aromatic rings. The van der Waals surface area contributed by atoms with Crippen molar-refractivity contribution in [1.82, 2.24) is 4.72 Å². The molecule has 0 amide bonds. The first-order valence-corrected chi connectivity index (χ1v) is 9.36. The Kier molecular flexibility index (Phi) is 4.28. The summed E-state index contributed by atoms with van der Waals surface area (Å²) in [5, 5.41) is 9.74. The third-order valence-corrected chi connectivity index (χ3v) is 7.34. The van der Waals surface area contributed by atoms with Crippen LogP contribution in [0, 0.1) is 22.7 Å². The van der Waals surface area contributed by atoms with E-state index in [1.807, 2.05) is 27.7 Å². The fourth-order valence-corrected chi connectivity index (χ4v) is 5.78. The Morgan fingerprint density at radius 2 is 2.00 bits per heavy atom. The van der Waals surface area contributed by atoms with E-state index in [1.165, 1.54) is 0 Å². The topological polar surface area (TPSA) is 83.5 Å². The van der Waals surface area contributed by atoms with Crippen LogP contribution in [0.1, 0.15) is 47.0 Å². The maximum absolute atomic E-state index is 12.4. The summed E-state index contributed by atoms with van der Waals surface area (Å²) in [4.78, 5) is 12.4. The highest BCUT2D eigenvalue weighted by Gasteiger charge is 2.65. The molecule has 6 heteroatoms. The van der Waals surface area contributed by atoms with Crippen LogP contribution in [-0.4, -0.2) is 37.7 Å². The van der Waals surface area contributed by atoms with Crippen molar-refractivity contribution in [1.29, 1.82) is 0 Å². The Hall–Kier alpha value is -0.460. The number of ketones is 1. The van der Waals surface area contributed by atoms with Crippen molar-refractivity contribution < 1.29 is 18.3 Å². The van der Waals surface area contributed by atoms with Crippen molar-refractivity contribution in [2.24, 2.45) is 22.7 Å². The van der Waals surface area contributed by atoms with Crippen LogP contribution in [0.3, 0.4) is 0 Å². The monoisotopic (exact) mass is 317 g/mol. The third kappa shape index (κ3) is 2.78. The molecular formula is C15H27NO4S. The summed E-state index contributed by atoms with van der Waals surface area (Å²) in [6.45, 7) is 7.72. The van der Waals surface area contributed by atoms with Crippen molar-refractivity contribution in [3.05, 3.63) is 0 Å². The van der Waals surface area contributed by atoms with Gasteiger partial charge in [-0.25, -0.2) is 13.1 Å². The maximum Gasteiger partial charge on any atom is 0.212 e. The number of fused-ring (bicyclic) bond motifs is 2. The highest BCUT2D eigenvalue weighted by molar-refractivity contribution is 7.89. The van der Waals surface area contributed by atoms with Crippen molar-refractivity contribution in [2.45, 2.75) is 53.1 Å². The molecule has 0 aromatic heterocycles. The second-order valence-electron chi connectivity index (χ2n) is 7.59. The number of rotatable bonds is 6. The van der Waals surface area contributed by atoms with Gasteiger partial charge in [0, 0.05) is 18.4 Å². The van der Waals surface area contributed by atoms with Crippen molar-refractivity contribution in [3.63, 3.8) is 0 Å². The lowest BCUT2D eigenvalue weighted by Gasteiger charge is -2.36. The molecule has 0 unspecified atom stereocenters. The van der Waals surface area contributed by atoms with E-state index in [0.29, 0.717) is 18.8 Å². The average molecular weight is 317 g/mol. The predicted molar refractivity (Wildman–Crippen MR) is 81.2 cm³/mol. The van der Waals surface area contributed by atoms with Crippen molar-refractivity contribution in [3.8, 4) is 0 Å². The minimum atomic E-state index is -3.57. The van der Waals surface area contributed by atoms with Crippen LogP contribution in [0.15, 0.2) is 0 Å². The van der Waals surface area contributed by atoms with Crippen LogP contribution >= 0.6 is 0 Å². The molecule has 2 fully saturated rings. The summed E-state index contributed by atoms with van der Waals surface area (Å²) in [5.74, 6) is 0.249. The molecule has 3 atom stereocenters. The first-order chi connectivity index (χ1) is 9.52. The number of aliphatic hydroxyl groups is 1. The summed E-state index contributed by atoms with van der Waals surface area (Å²) < 4.78 is 27.2. The summed E-state index contributed by atoms with van der Waals surface area (Å²) >= 11 is 0. The van der Waals surface area contributed by atoms with E-state index in [1.54, 1.807) is 0 Å². The smallest absolute Gasteiger partial charge is 0.212 e. The van der Waals surface area contributed by atoms with Crippen LogP contribution < -0.4 is 4.72 Å². The zero-order chi connectivity index (χ0) is 16.1. The summed E-state index contributed by atoms with van der Waals surface area (Å²) in [6, 6.07) is 0. The standard InChI is InChI=1S/C15H27NO4S/c1-10(2)12(17)8-16-21(19,20)9-15-6-5-11(7-13(15)18)14(15,3)4/h10-12,16-17H,5-9H2,1-4H3/t11-,12-,15-/m0/s1. The first kappa shape index (κ1) is 16.9. The molecule has 122 valence electrons. The molecule has 5 nitrogen and oxygen atoms in total. The van der Waals surface area contributed by atoms with Gasteiger partial charge >= 0.3 is 0 Å². The van der Waals surface area contributed by atoms with Gasteiger partial charge in [-0.2, -0.15) is 0 Å². The zero-order valence-corrected chi connectivity index (χ0v) is 14.2. The third-order valence-electron chi connectivity index (χ3n) is 5.86. The lowest BCUT2D eigenvalue weighted by molar-refractivity contribution is -0.128. The highest BCUT2D eigenvalue weighted by Crippen LogP contribution is 2.64. The van der Waals surface area contributed by atoms with Crippen LogP contribution in [0.2, 0.25) is 0 Å². The molecule has 2 N–H and O–H groups in total. The van der Waals surface area contributed by atoms with E-state index in [0.717, 1.165) is 6.42 Å². The van der Waals surface area contributed by atoms with E-state index >= 15 is 0 Å². The predicted octanol–water partition coefficient (Wildman–Crippen LogP) is 1.32. The Morgan fingerprint density at radius 1 is 1.38 bits per heavy atom. The summed E-state index contributed by atoms with van der Waals surface area (Å²) in [5.41, 5.74) is -0.998. The molecule has 0 saturated heterocycles. The molecule has 0 aliphatic heterocycles. The Bertz CT molecular complexity index is 526. The Morgan fingerprint density at radius 3 is 2.43 bits per heavy atom. The zero-order valence-electron chi connectivity index (χ0n) is 13.3. The Labute approximate surface area is 127 Å². The minimum Gasteiger partial charge on any atom is -0.391 e. The molecule has 2 aliphatic carbocycles. The van der Waals surface area contributed by atoms with E-state index in [-0.39, 0.29) is 29.4 Å². The molecular weight excluding hydrogens is 290 g/mol. The van der Waals surface area contributed by atoms with Crippen molar-refractivity contribution >= 4 is 15.8 Å². The van der Waals surface area contributed by atoms with E-state index in [2.05, 4.69) is 4.72 Å². The maximum atomic E-state index is 12.4. The van der Waals surface area contributed by atoms with E-state index < -0.39 is 21.5 Å². The largest absolute Gasteiger partial charge is 0.391 e. The number of carbonyl (C=O) groups excluding carboxylic acids is 1. The van der Waals surface area contributed by atoms with Gasteiger partial charge in [-0.05, 0) is 30.1 Å². The van der Waals surface area contributed by atoms with Crippen LogP contribution in [0.5, 0.6) is 0 Å². The van der Waals surface area contributed by atoms with Gasteiger partial charge in [-0.3, -0.25) is 4.79 Å². The molecule has 0 radical (unpaired) electrons. The van der Waals surface area contributed by atoms with E-state index in [9.17, 15) is 18.3 Å². The number of Topliss-reactive ketones (excluding diaryl/α,β-unsaturated/α-hetero) is 1. The highest BCUT2D eigenvalue weighted by atomic mass is 32.2. The van der Waals surface area contributed by atoms with Gasteiger partial charge in [0.1, 0.15) is 5.78 Å². The quantitative estimate of drug-likeness (QED) is 0.774. The number of sulfonamides is 1. The van der Waals surface area contributed by atoms with Gasteiger partial charge in [-0.15, -0.1) is 0 Å². The molecule has 2 bridgehead atoms. The Balaban J connectivity index is 2.11. The van der Waals surface area contributed by atoms with Gasteiger partial charge in [0.2, 0.25) is 10.0 Å². The van der Waals surface area contributed by atoms with Gasteiger partial charge < -0.3 is 5.11 Å². The van der Waals surface area contributed by atoms with Crippen LogP contribution in [-0.2, 0) is 14.8 Å². The van der Waals surface area contributed by atoms with Crippen LogP contribution in [0.4, 0.5) is 0 Å². The van der Waals surface area contributed by atoms with Gasteiger partial charge in [-0.1, -0.05) is 27.7 Å². The van der Waals surface area contributed by atoms with Gasteiger partial charge in [0.15, 0.2) is 0 Å². The number of carbonyl (C=O) groups is 1. The number of aliphatic hydroxyl groups excluding tert-OH is 1. The molecule has 0 spiro atoms. The number of hydrogen-bond acceptors (Lipinski definition) is 4. The first-order valence-electron chi connectivity index (χ1n) is 7.70.